The maximum Gasteiger partial charge on any atom is 0.258 e. The number of aromatic nitrogens is 4. The highest BCUT2D eigenvalue weighted by Gasteiger charge is 2.25. The number of nitrogens with zero attached hydrogens (tertiary/aromatic N) is 4. The van der Waals surface area contributed by atoms with E-state index >= 15 is 0 Å². The number of nitrogens with one attached hydrogen (secondary N) is 1. The van der Waals surface area contributed by atoms with Gasteiger partial charge in [-0.1, -0.05) is 35.5 Å². The van der Waals surface area contributed by atoms with Gasteiger partial charge in [0, 0.05) is 18.3 Å². The molecule has 0 aliphatic heterocycles. The van der Waals surface area contributed by atoms with Crippen LogP contribution < -0.4 is 0 Å². The Balaban J connectivity index is 1.65. The molecule has 3 heterocycles. The number of pyridine rings is 1. The number of hydrogen-bond donors (Lipinski definition) is 1. The molecule has 0 saturated carbocycles. The summed E-state index contributed by atoms with van der Waals surface area (Å²) in [5, 5.41) is 12.1. The van der Waals surface area contributed by atoms with E-state index in [1.54, 1.807) is 18.0 Å². The fourth-order valence-corrected chi connectivity index (χ4v) is 3.27. The first-order valence-electron chi connectivity index (χ1n) is 9.07. The lowest BCUT2D eigenvalue weighted by atomic mass is 10.1. The molecule has 1 N–H and O–H groups in total. The van der Waals surface area contributed by atoms with E-state index in [9.17, 15) is 4.79 Å². The molecule has 0 unspecified atom stereocenters. The maximum absolute atomic E-state index is 13.2. The van der Waals surface area contributed by atoms with Crippen LogP contribution in [0.2, 0.25) is 0 Å². The molecular formula is C21H21N5O2. The molecule has 28 heavy (non-hydrogen) atoms. The molecule has 0 radical (unpaired) electrons. The molecule has 0 bridgehead atoms. The lowest BCUT2D eigenvalue weighted by molar-refractivity contribution is 0.0741. The molecule has 4 rings (SSSR count). The SMILES string of the molecule is Cc1cc(C(=O)N(C)[C@H](C)c2cc(-c3ccccc3)n[nH]2)c2c(C)noc2n1. The molecule has 0 saturated heterocycles. The van der Waals surface area contributed by atoms with Gasteiger partial charge in [0.1, 0.15) is 0 Å². The maximum atomic E-state index is 13.2. The van der Waals surface area contributed by atoms with Gasteiger partial charge in [-0.2, -0.15) is 5.10 Å². The minimum Gasteiger partial charge on any atom is -0.336 e. The largest absolute Gasteiger partial charge is 0.336 e. The average molecular weight is 375 g/mol. The van der Waals surface area contributed by atoms with Crippen LogP contribution in [0.1, 0.15) is 40.4 Å². The van der Waals surface area contributed by atoms with Crippen LogP contribution in [0.5, 0.6) is 0 Å². The highest BCUT2D eigenvalue weighted by atomic mass is 16.5. The van der Waals surface area contributed by atoms with Crippen molar-refractivity contribution in [3.63, 3.8) is 0 Å². The monoisotopic (exact) mass is 375 g/mol. The fourth-order valence-electron chi connectivity index (χ4n) is 3.27. The van der Waals surface area contributed by atoms with E-state index in [2.05, 4.69) is 20.3 Å². The van der Waals surface area contributed by atoms with Gasteiger partial charge in [-0.05, 0) is 32.9 Å². The summed E-state index contributed by atoms with van der Waals surface area (Å²) >= 11 is 0. The van der Waals surface area contributed by atoms with Gasteiger partial charge < -0.3 is 9.42 Å². The highest BCUT2D eigenvalue weighted by molar-refractivity contribution is 6.06. The number of carbonyl (C=O) groups is 1. The molecule has 1 amide bonds. The molecule has 1 atom stereocenters. The quantitative estimate of drug-likeness (QED) is 0.581. The molecule has 7 nitrogen and oxygen atoms in total. The second kappa shape index (κ2) is 6.92. The second-order valence-electron chi connectivity index (χ2n) is 6.93. The topological polar surface area (TPSA) is 87.9 Å². The van der Waals surface area contributed by atoms with E-state index in [1.807, 2.05) is 57.2 Å². The zero-order valence-corrected chi connectivity index (χ0v) is 16.2. The Kier molecular flexibility index (Phi) is 4.43. The zero-order valence-electron chi connectivity index (χ0n) is 16.2. The molecule has 7 heteroatoms. The van der Waals surface area contributed by atoms with Gasteiger partial charge in [-0.25, -0.2) is 4.98 Å². The highest BCUT2D eigenvalue weighted by Crippen LogP contribution is 2.27. The minimum atomic E-state index is -0.193. The Morgan fingerprint density at radius 3 is 2.68 bits per heavy atom. The third kappa shape index (κ3) is 3.05. The molecule has 0 aliphatic rings. The van der Waals surface area contributed by atoms with Gasteiger partial charge in [0.15, 0.2) is 0 Å². The number of hydrogen-bond acceptors (Lipinski definition) is 5. The Morgan fingerprint density at radius 2 is 1.93 bits per heavy atom. The third-order valence-electron chi connectivity index (χ3n) is 4.99. The van der Waals surface area contributed by atoms with Crippen molar-refractivity contribution in [3.05, 3.63) is 65.1 Å². The zero-order chi connectivity index (χ0) is 19.8. The third-order valence-corrected chi connectivity index (χ3v) is 4.99. The summed E-state index contributed by atoms with van der Waals surface area (Å²) in [6.45, 7) is 5.61. The van der Waals surface area contributed by atoms with Crippen LogP contribution in [0.15, 0.2) is 47.0 Å². The Labute approximate surface area is 162 Å². The summed E-state index contributed by atoms with van der Waals surface area (Å²) in [4.78, 5) is 19.3. The number of rotatable bonds is 4. The van der Waals surface area contributed by atoms with Crippen molar-refractivity contribution in [1.82, 2.24) is 25.2 Å². The predicted octanol–water partition coefficient (Wildman–Crippen LogP) is 4.06. The lowest BCUT2D eigenvalue weighted by Gasteiger charge is -2.24. The molecule has 4 aromatic rings. The summed E-state index contributed by atoms with van der Waals surface area (Å²) in [5.74, 6) is -0.120. The first-order valence-corrected chi connectivity index (χ1v) is 9.07. The van der Waals surface area contributed by atoms with Crippen LogP contribution in [0, 0.1) is 13.8 Å². The summed E-state index contributed by atoms with van der Waals surface area (Å²) in [5.41, 5.74) is 5.02. The van der Waals surface area contributed by atoms with Crippen LogP contribution in [-0.4, -0.2) is 38.2 Å². The predicted molar refractivity (Wildman–Crippen MR) is 106 cm³/mol. The van der Waals surface area contributed by atoms with Gasteiger partial charge in [0.2, 0.25) is 0 Å². The Hall–Kier alpha value is -3.48. The van der Waals surface area contributed by atoms with Gasteiger partial charge >= 0.3 is 0 Å². The van der Waals surface area contributed by atoms with Crippen molar-refractivity contribution < 1.29 is 9.32 Å². The van der Waals surface area contributed by atoms with Crippen LogP contribution in [0.4, 0.5) is 0 Å². The minimum absolute atomic E-state index is 0.120. The molecule has 0 aliphatic carbocycles. The fraction of sp³-hybridized carbons (Fsp3) is 0.238. The molecule has 1 aromatic carbocycles. The number of amides is 1. The van der Waals surface area contributed by atoms with E-state index in [1.165, 1.54) is 0 Å². The normalized spacial score (nSPS) is 12.3. The van der Waals surface area contributed by atoms with Crippen LogP contribution in [0.3, 0.4) is 0 Å². The van der Waals surface area contributed by atoms with Gasteiger partial charge in [-0.15, -0.1) is 0 Å². The van der Waals surface area contributed by atoms with Crippen LogP contribution >= 0.6 is 0 Å². The summed E-state index contributed by atoms with van der Waals surface area (Å²) < 4.78 is 5.25. The molecule has 3 aromatic heterocycles. The Bertz CT molecular complexity index is 1150. The van der Waals surface area contributed by atoms with Crippen molar-refractivity contribution in [2.75, 3.05) is 7.05 Å². The Morgan fingerprint density at radius 1 is 1.18 bits per heavy atom. The number of carbonyl (C=O) groups excluding carboxylic acids is 1. The first kappa shape index (κ1) is 17.9. The average Bonchev–Trinajstić information content (AvgIpc) is 3.34. The summed E-state index contributed by atoms with van der Waals surface area (Å²) in [6, 6.07) is 13.5. The van der Waals surface area contributed by atoms with E-state index in [-0.39, 0.29) is 11.9 Å². The van der Waals surface area contributed by atoms with Gasteiger partial charge in [-0.3, -0.25) is 9.89 Å². The number of fused-ring (bicyclic) bond motifs is 1. The summed E-state index contributed by atoms with van der Waals surface area (Å²) in [6.07, 6.45) is 0. The van der Waals surface area contributed by atoms with Crippen LogP contribution in [-0.2, 0) is 0 Å². The van der Waals surface area contributed by atoms with Crippen molar-refractivity contribution in [3.8, 4) is 11.3 Å². The molecule has 0 fully saturated rings. The van der Waals surface area contributed by atoms with Crippen molar-refractivity contribution >= 4 is 17.0 Å². The van der Waals surface area contributed by atoms with Gasteiger partial charge in [0.25, 0.3) is 11.6 Å². The molecule has 0 spiro atoms. The number of aryl methyl sites for hydroxylation is 2. The molecular weight excluding hydrogens is 354 g/mol. The smallest absolute Gasteiger partial charge is 0.258 e. The number of H-pyrrole nitrogens is 1. The van der Waals surface area contributed by atoms with Gasteiger partial charge in [0.05, 0.1) is 34.1 Å². The van der Waals surface area contributed by atoms with E-state index in [0.29, 0.717) is 28.1 Å². The van der Waals surface area contributed by atoms with Crippen LogP contribution in [0.25, 0.3) is 22.4 Å². The van der Waals surface area contributed by atoms with Crippen molar-refractivity contribution in [2.24, 2.45) is 0 Å². The second-order valence-corrected chi connectivity index (χ2v) is 6.93. The lowest BCUT2D eigenvalue weighted by Crippen LogP contribution is -2.30. The van der Waals surface area contributed by atoms with Crippen molar-refractivity contribution in [1.29, 1.82) is 0 Å². The van der Waals surface area contributed by atoms with E-state index < -0.39 is 0 Å². The van der Waals surface area contributed by atoms with E-state index in [4.69, 9.17) is 4.52 Å². The van der Waals surface area contributed by atoms with E-state index in [0.717, 1.165) is 17.0 Å². The number of aromatic amines is 1. The first-order chi connectivity index (χ1) is 13.5. The number of benzene rings is 1. The molecule has 142 valence electrons. The summed E-state index contributed by atoms with van der Waals surface area (Å²) in [7, 11) is 1.78. The standard InChI is InChI=1S/C21H21N5O2/c1-12-10-16(19-13(2)25-28-20(19)22-12)21(27)26(4)14(3)17-11-18(24-23-17)15-8-6-5-7-9-15/h5-11,14H,1-4H3,(H,23,24)/t14-/m1/s1. The van der Waals surface area contributed by atoms with Crippen molar-refractivity contribution in [2.45, 2.75) is 26.8 Å².